The van der Waals surface area contributed by atoms with E-state index < -0.39 is 0 Å². The molecule has 34 heavy (non-hydrogen) atoms. The maximum atomic E-state index is 13.2. The van der Waals surface area contributed by atoms with Gasteiger partial charge in [0.15, 0.2) is 5.82 Å². The van der Waals surface area contributed by atoms with Crippen molar-refractivity contribution < 1.29 is 4.79 Å². The van der Waals surface area contributed by atoms with Gasteiger partial charge in [0.05, 0.1) is 11.4 Å². The van der Waals surface area contributed by atoms with Crippen molar-refractivity contribution in [1.82, 2.24) is 19.7 Å². The van der Waals surface area contributed by atoms with Crippen molar-refractivity contribution in [2.45, 2.75) is 13.8 Å². The predicted molar refractivity (Wildman–Crippen MR) is 135 cm³/mol. The molecule has 0 N–H and O–H groups in total. The average Bonchev–Trinajstić information content (AvgIpc) is 3.21. The van der Waals surface area contributed by atoms with Gasteiger partial charge in [-0.05, 0) is 49.8 Å². The lowest BCUT2D eigenvalue weighted by Crippen LogP contribution is -2.52. The zero-order chi connectivity index (χ0) is 23.8. The van der Waals surface area contributed by atoms with E-state index in [1.807, 2.05) is 68.4 Å². The first kappa shape index (κ1) is 22.3. The molecule has 1 amide bonds. The summed E-state index contributed by atoms with van der Waals surface area (Å²) in [6, 6.07) is 17.4. The van der Waals surface area contributed by atoms with E-state index >= 15 is 0 Å². The minimum Gasteiger partial charge on any atom is -0.737 e. The van der Waals surface area contributed by atoms with Gasteiger partial charge in [0, 0.05) is 48.7 Å². The van der Waals surface area contributed by atoms with E-state index in [0.717, 1.165) is 33.4 Å². The highest BCUT2D eigenvalue weighted by Crippen LogP contribution is 2.35. The molecule has 2 aromatic carbocycles. The molecule has 2 aliphatic rings. The van der Waals surface area contributed by atoms with E-state index in [-0.39, 0.29) is 12.5 Å². The molecule has 176 valence electrons. The first-order valence-corrected chi connectivity index (χ1v) is 11.7. The number of allylic oxidation sites excluding steroid dienone is 1. The Labute approximate surface area is 203 Å². The highest BCUT2D eigenvalue weighted by atomic mass is 35.5. The Morgan fingerprint density at radius 2 is 1.71 bits per heavy atom. The number of anilines is 2. The van der Waals surface area contributed by atoms with Crippen LogP contribution in [0.1, 0.15) is 18.2 Å². The van der Waals surface area contributed by atoms with Gasteiger partial charge in [0.2, 0.25) is 5.91 Å². The number of hydrogen-bond donors (Lipinski definition) is 0. The summed E-state index contributed by atoms with van der Waals surface area (Å²) in [5.74, 6) is 0.221. The zero-order valence-corrected chi connectivity index (χ0v) is 19.9. The lowest BCUT2D eigenvalue weighted by atomic mass is 10.1. The molecule has 9 heteroatoms. The molecule has 5 rings (SSSR count). The summed E-state index contributed by atoms with van der Waals surface area (Å²) in [6.45, 7) is 6.47. The molecule has 0 unspecified atom stereocenters. The van der Waals surface area contributed by atoms with Gasteiger partial charge in [-0.1, -0.05) is 35.9 Å². The smallest absolute Gasteiger partial charge is 0.244 e. The largest absolute Gasteiger partial charge is 0.737 e. The molecule has 1 saturated heterocycles. The second-order valence-electron chi connectivity index (χ2n) is 8.56. The van der Waals surface area contributed by atoms with E-state index in [4.69, 9.17) is 11.6 Å². The van der Waals surface area contributed by atoms with Gasteiger partial charge < -0.3 is 20.2 Å². The predicted octanol–water partition coefficient (Wildman–Crippen LogP) is 4.08. The zero-order valence-electron chi connectivity index (χ0n) is 19.2. The monoisotopic (exact) mass is 477 g/mol. The molecule has 3 heterocycles. The Morgan fingerprint density at radius 3 is 2.41 bits per heavy atom. The van der Waals surface area contributed by atoms with Crippen molar-refractivity contribution in [1.29, 1.82) is 0 Å². The molecule has 0 atom stereocenters. The number of nitrogens with zero attached hydrogens (tertiary/aromatic N) is 6. The Kier molecular flexibility index (Phi) is 5.93. The van der Waals surface area contributed by atoms with E-state index in [1.54, 1.807) is 15.8 Å². The fourth-order valence-electron chi connectivity index (χ4n) is 4.60. The number of halogens is 1. The van der Waals surface area contributed by atoms with Crippen LogP contribution in [0.4, 0.5) is 11.5 Å². The minimum absolute atomic E-state index is 0.0330. The molecule has 1 aromatic heterocycles. The van der Waals surface area contributed by atoms with Crippen LogP contribution in [-0.2, 0) is 4.79 Å². The van der Waals surface area contributed by atoms with E-state index in [9.17, 15) is 10.0 Å². The van der Waals surface area contributed by atoms with Crippen LogP contribution in [-0.4, -0.2) is 58.3 Å². The maximum absolute atomic E-state index is 13.2. The van der Waals surface area contributed by atoms with Crippen molar-refractivity contribution in [3.8, 4) is 5.69 Å². The molecule has 0 spiro atoms. The quantitative estimate of drug-likeness (QED) is 0.564. The molecular formula is C25H26ClN6O2-. The number of aromatic nitrogens is 2. The molecular weight excluding hydrogens is 452 g/mol. The number of benzene rings is 2. The van der Waals surface area contributed by atoms with Gasteiger partial charge in [-0.15, -0.1) is 5.10 Å². The van der Waals surface area contributed by atoms with Crippen molar-refractivity contribution in [2.24, 2.45) is 0 Å². The summed E-state index contributed by atoms with van der Waals surface area (Å²) < 4.78 is 1.77. The number of rotatable bonds is 4. The standard InChI is InChI=1S/C25H26ClN6O2/c1-18-16-30(32(34)25-24(18)19(2)31(27-25)21-8-4-3-5-9-21)17-23(33)29-13-11-28(12-14-29)22-10-6-7-20(26)15-22/h3-10,15-16H,11-14,17H2,1-2H3/q-1. The summed E-state index contributed by atoms with van der Waals surface area (Å²) in [5.41, 5.74) is 4.53. The van der Waals surface area contributed by atoms with Crippen LogP contribution in [0.3, 0.4) is 0 Å². The highest BCUT2D eigenvalue weighted by Gasteiger charge is 2.28. The molecule has 3 aromatic rings. The SMILES string of the molecule is CC1=CN(CC(=O)N2CCN(c3cccc(Cl)c3)CC2)N([O-])c2nn(-c3ccccc3)c(C)c21. The topological polar surface area (TPSA) is 70.9 Å². The first-order chi connectivity index (χ1) is 16.4. The number of para-hydroxylation sites is 1. The third-order valence-corrected chi connectivity index (χ3v) is 6.59. The number of carbonyl (C=O) groups excluding carboxylic acids is 1. The third-order valence-electron chi connectivity index (χ3n) is 6.35. The number of amides is 1. The van der Waals surface area contributed by atoms with Crippen molar-refractivity contribution in [3.63, 3.8) is 0 Å². The normalized spacial score (nSPS) is 15.9. The second kappa shape index (κ2) is 9.04. The number of hydrogen-bond acceptors (Lipinski definition) is 6. The number of hydrazine groups is 1. The number of piperazine rings is 1. The average molecular weight is 478 g/mol. The van der Waals surface area contributed by atoms with Crippen LogP contribution in [0.2, 0.25) is 5.02 Å². The number of carbonyl (C=O) groups is 1. The van der Waals surface area contributed by atoms with Gasteiger partial charge in [0.25, 0.3) is 0 Å². The van der Waals surface area contributed by atoms with Crippen LogP contribution >= 0.6 is 11.6 Å². The van der Waals surface area contributed by atoms with Crippen LogP contribution in [0.5, 0.6) is 0 Å². The lowest BCUT2D eigenvalue weighted by Gasteiger charge is -2.43. The van der Waals surface area contributed by atoms with Gasteiger partial charge in [-0.25, -0.2) is 4.68 Å². The Bertz CT molecular complexity index is 1230. The van der Waals surface area contributed by atoms with Crippen LogP contribution < -0.4 is 10.1 Å². The molecule has 2 aliphatic heterocycles. The summed E-state index contributed by atoms with van der Waals surface area (Å²) in [7, 11) is 0. The van der Waals surface area contributed by atoms with Crippen LogP contribution in [0, 0.1) is 12.1 Å². The van der Waals surface area contributed by atoms with E-state index in [1.165, 1.54) is 5.01 Å². The number of fused-ring (bicyclic) bond motifs is 1. The fraction of sp³-hybridized carbons (Fsp3) is 0.280. The summed E-state index contributed by atoms with van der Waals surface area (Å²) in [5, 5.41) is 20.6. The first-order valence-electron chi connectivity index (χ1n) is 11.3. The van der Waals surface area contributed by atoms with Crippen LogP contribution in [0.25, 0.3) is 11.3 Å². The molecule has 0 bridgehead atoms. The van der Waals surface area contributed by atoms with E-state index in [2.05, 4.69) is 10.00 Å². The Hall–Kier alpha value is -3.49. The fourth-order valence-corrected chi connectivity index (χ4v) is 4.79. The summed E-state index contributed by atoms with van der Waals surface area (Å²) in [4.78, 5) is 17.1. The molecule has 0 radical (unpaired) electrons. The highest BCUT2D eigenvalue weighted by molar-refractivity contribution is 6.30. The Balaban J connectivity index is 1.27. The molecule has 8 nitrogen and oxygen atoms in total. The Morgan fingerprint density at radius 1 is 1.00 bits per heavy atom. The van der Waals surface area contributed by atoms with Gasteiger partial charge >= 0.3 is 0 Å². The van der Waals surface area contributed by atoms with Gasteiger partial charge in [0.1, 0.15) is 6.54 Å². The molecule has 0 saturated carbocycles. The van der Waals surface area contributed by atoms with Crippen LogP contribution in [0.15, 0.2) is 60.8 Å². The molecule has 1 fully saturated rings. The van der Waals surface area contributed by atoms with Gasteiger partial charge in [-0.3, -0.25) is 9.80 Å². The van der Waals surface area contributed by atoms with Crippen molar-refractivity contribution in [3.05, 3.63) is 82.3 Å². The lowest BCUT2D eigenvalue weighted by molar-refractivity contribution is -0.132. The summed E-state index contributed by atoms with van der Waals surface area (Å²) in [6.07, 6.45) is 1.74. The van der Waals surface area contributed by atoms with Crippen molar-refractivity contribution >= 4 is 34.6 Å². The third kappa shape index (κ3) is 4.10. The summed E-state index contributed by atoms with van der Waals surface area (Å²) >= 11 is 6.12. The van der Waals surface area contributed by atoms with E-state index in [0.29, 0.717) is 37.0 Å². The molecule has 0 aliphatic carbocycles. The maximum Gasteiger partial charge on any atom is 0.244 e. The van der Waals surface area contributed by atoms with Crippen molar-refractivity contribution in [2.75, 3.05) is 42.8 Å². The van der Waals surface area contributed by atoms with Gasteiger partial charge in [-0.2, -0.15) is 0 Å². The minimum atomic E-state index is -0.0849. The second-order valence-corrected chi connectivity index (χ2v) is 9.00.